The smallest absolute Gasteiger partial charge is 0.346 e. The maximum atomic E-state index is 14.8. The highest BCUT2D eigenvalue weighted by atomic mass is 16.6. The highest BCUT2D eigenvalue weighted by molar-refractivity contribution is 6.46. The minimum Gasteiger partial charge on any atom is -0.386 e. The van der Waals surface area contributed by atoms with Gasteiger partial charge in [-0.15, -0.1) is 0 Å². The van der Waals surface area contributed by atoms with Gasteiger partial charge in [0.05, 0.1) is 22.4 Å². The lowest BCUT2D eigenvalue weighted by molar-refractivity contribution is 0.0390. The van der Waals surface area contributed by atoms with Gasteiger partial charge >= 0.3 is 11.9 Å². The van der Waals surface area contributed by atoms with Gasteiger partial charge in [-0.05, 0) is 96.7 Å². The van der Waals surface area contributed by atoms with Crippen LogP contribution in [0.4, 0.5) is 17.1 Å². The number of nitrogens with zero attached hydrogens (tertiary/aromatic N) is 3. The van der Waals surface area contributed by atoms with Gasteiger partial charge in [0.2, 0.25) is 0 Å². The summed E-state index contributed by atoms with van der Waals surface area (Å²) in [6.07, 6.45) is 6.42. The third kappa shape index (κ3) is 4.27. The molecule has 0 unspecified atom stereocenters. The van der Waals surface area contributed by atoms with E-state index in [9.17, 15) is 19.2 Å². The minimum absolute atomic E-state index is 0.0729. The molecule has 6 aromatic rings. The molecule has 0 atom stereocenters. The fourth-order valence-electron chi connectivity index (χ4n) is 9.38. The van der Waals surface area contributed by atoms with Crippen LogP contribution < -0.4 is 14.7 Å². The van der Waals surface area contributed by atoms with Crippen molar-refractivity contribution in [3.8, 4) is 0 Å². The highest BCUT2D eigenvalue weighted by Gasteiger charge is 2.39. The molecule has 4 heterocycles. The van der Waals surface area contributed by atoms with Crippen molar-refractivity contribution in [1.82, 2.24) is 0 Å². The Balaban J connectivity index is 1.34. The molecule has 0 aromatic heterocycles. The number of piperidine rings is 2. The van der Waals surface area contributed by atoms with E-state index in [4.69, 9.17) is 4.74 Å². The molecule has 2 fully saturated rings. The lowest BCUT2D eigenvalue weighted by Gasteiger charge is -2.35. The van der Waals surface area contributed by atoms with Crippen molar-refractivity contribution in [3.63, 3.8) is 0 Å². The summed E-state index contributed by atoms with van der Waals surface area (Å²) in [6, 6.07) is 19.3. The van der Waals surface area contributed by atoms with Gasteiger partial charge in [-0.1, -0.05) is 45.0 Å². The van der Waals surface area contributed by atoms with Crippen LogP contribution in [0, 0.1) is 0 Å². The van der Waals surface area contributed by atoms with Gasteiger partial charge in [0.1, 0.15) is 0 Å². The largest absolute Gasteiger partial charge is 0.386 e. The second-order valence-electron chi connectivity index (χ2n) is 16.0. The molecule has 8 heteroatoms. The zero-order valence-corrected chi connectivity index (χ0v) is 29.7. The molecule has 4 aliphatic heterocycles. The van der Waals surface area contributed by atoms with Crippen molar-refractivity contribution in [3.05, 3.63) is 88.5 Å². The summed E-state index contributed by atoms with van der Waals surface area (Å²) in [4.78, 5) is 62.1. The van der Waals surface area contributed by atoms with E-state index in [0.29, 0.717) is 38.7 Å². The Morgan fingerprint density at radius 1 is 0.500 bits per heavy atom. The number of hydrogen-bond donors (Lipinski definition) is 0. The number of amides is 2. The van der Waals surface area contributed by atoms with Crippen molar-refractivity contribution in [2.45, 2.75) is 64.7 Å². The molecule has 0 N–H and O–H groups in total. The zero-order chi connectivity index (χ0) is 35.6. The number of rotatable bonds is 3. The van der Waals surface area contributed by atoms with E-state index in [1.807, 2.05) is 54.6 Å². The molecule has 0 radical (unpaired) electrons. The molecule has 10 rings (SSSR count). The second-order valence-corrected chi connectivity index (χ2v) is 16.0. The third-order valence-corrected chi connectivity index (χ3v) is 11.9. The topological polar surface area (TPSA) is 87.2 Å². The first-order valence-electron chi connectivity index (χ1n) is 18.7. The van der Waals surface area contributed by atoms with E-state index in [0.717, 1.165) is 114 Å². The first-order chi connectivity index (χ1) is 25.1. The normalized spacial score (nSPS) is 18.1. The quantitative estimate of drug-likeness (QED) is 0.0602. The van der Waals surface area contributed by atoms with Crippen LogP contribution in [0.15, 0.2) is 60.7 Å². The van der Waals surface area contributed by atoms with Crippen LogP contribution >= 0.6 is 0 Å². The van der Waals surface area contributed by atoms with Gasteiger partial charge in [-0.2, -0.15) is 0 Å². The van der Waals surface area contributed by atoms with E-state index in [-0.39, 0.29) is 17.2 Å². The van der Waals surface area contributed by atoms with Crippen molar-refractivity contribution >= 4 is 83.9 Å². The molecule has 8 nitrogen and oxygen atoms in total. The van der Waals surface area contributed by atoms with Crippen LogP contribution in [-0.2, 0) is 10.2 Å². The molecule has 0 bridgehead atoms. The highest BCUT2D eigenvalue weighted by Crippen LogP contribution is 2.52. The number of benzene rings is 6. The standard InChI is InChI=1S/C44H39N3O5/c1-44(2,3)24-10-12-25(13-11-24)47-40(48)28-16-14-26-37-33(46-20-8-5-9-21-46)23-31-35-29(42(50)52-43(31)51)17-15-27(39(35)37)36-32(45-18-6-4-7-19-45)22-30(41(47)49)34(28)38(26)36/h10-17,22-23H,4-9,18-21H2,1-3H3. The van der Waals surface area contributed by atoms with E-state index in [2.05, 4.69) is 30.6 Å². The Kier molecular flexibility index (Phi) is 6.61. The van der Waals surface area contributed by atoms with E-state index >= 15 is 0 Å². The summed E-state index contributed by atoms with van der Waals surface area (Å²) >= 11 is 0. The predicted octanol–water partition coefficient (Wildman–Crippen LogP) is 9.13. The van der Waals surface area contributed by atoms with Crippen molar-refractivity contribution in [2.24, 2.45) is 0 Å². The van der Waals surface area contributed by atoms with Gasteiger partial charge in [-0.3, -0.25) is 9.59 Å². The monoisotopic (exact) mass is 689 g/mol. The molecular formula is C44H39N3O5. The first kappa shape index (κ1) is 31.3. The Bertz CT molecular complexity index is 2570. The van der Waals surface area contributed by atoms with Gasteiger partial charge < -0.3 is 14.5 Å². The summed E-state index contributed by atoms with van der Waals surface area (Å²) in [7, 11) is 0. The molecule has 6 aromatic carbocycles. The summed E-state index contributed by atoms with van der Waals surface area (Å²) in [5, 5.41) is 6.77. The minimum atomic E-state index is -0.639. The maximum absolute atomic E-state index is 14.8. The summed E-state index contributed by atoms with van der Waals surface area (Å²) in [5.74, 6) is -1.94. The number of fused-ring (bicyclic) bond motifs is 2. The van der Waals surface area contributed by atoms with Gasteiger partial charge in [0.25, 0.3) is 11.8 Å². The number of imide groups is 1. The van der Waals surface area contributed by atoms with Crippen LogP contribution in [0.5, 0.6) is 0 Å². The number of carbonyl (C=O) groups excluding carboxylic acids is 4. The Labute approximate surface area is 301 Å². The van der Waals surface area contributed by atoms with Crippen LogP contribution in [0.2, 0.25) is 0 Å². The molecule has 2 amide bonds. The maximum Gasteiger partial charge on any atom is 0.346 e. The molecule has 2 saturated heterocycles. The average molecular weight is 690 g/mol. The lowest BCUT2D eigenvalue weighted by atomic mass is 9.81. The van der Waals surface area contributed by atoms with Gasteiger partial charge in [0.15, 0.2) is 0 Å². The Hall–Kier alpha value is -5.50. The third-order valence-electron chi connectivity index (χ3n) is 11.9. The molecule has 0 aliphatic carbocycles. The van der Waals surface area contributed by atoms with Crippen LogP contribution in [0.1, 0.15) is 106 Å². The molecular weight excluding hydrogens is 651 g/mol. The SMILES string of the molecule is CC(C)(C)c1ccc(N2C(=O)c3ccc4c5c(N6CCCCC6)cc6c7c(ccc(c8c(N9CCCCC9)cc(c3c48)C2=O)c75)C(=O)OC6=O)cc1. The summed E-state index contributed by atoms with van der Waals surface area (Å²) in [6.45, 7) is 9.80. The van der Waals surface area contributed by atoms with Crippen molar-refractivity contribution in [1.29, 1.82) is 0 Å². The summed E-state index contributed by atoms with van der Waals surface area (Å²) < 4.78 is 5.29. The Morgan fingerprint density at radius 2 is 0.981 bits per heavy atom. The molecule has 4 aliphatic rings. The van der Waals surface area contributed by atoms with E-state index in [1.54, 1.807) is 6.07 Å². The number of esters is 2. The molecule has 52 heavy (non-hydrogen) atoms. The van der Waals surface area contributed by atoms with Crippen LogP contribution in [0.25, 0.3) is 43.1 Å². The van der Waals surface area contributed by atoms with E-state index < -0.39 is 11.9 Å². The number of hydrogen-bond acceptors (Lipinski definition) is 7. The van der Waals surface area contributed by atoms with E-state index in [1.165, 1.54) is 4.90 Å². The molecule has 0 spiro atoms. The van der Waals surface area contributed by atoms with Crippen molar-refractivity contribution < 1.29 is 23.9 Å². The fourth-order valence-corrected chi connectivity index (χ4v) is 9.38. The number of carbonyl (C=O) groups is 4. The van der Waals surface area contributed by atoms with Crippen LogP contribution in [-0.4, -0.2) is 49.9 Å². The summed E-state index contributed by atoms with van der Waals surface area (Å²) in [5.41, 5.74) is 5.27. The molecule has 0 saturated carbocycles. The predicted molar refractivity (Wildman–Crippen MR) is 206 cm³/mol. The number of ether oxygens (including phenoxy) is 1. The fraction of sp³-hybridized carbons (Fsp3) is 0.318. The number of cyclic esters (lactones) is 2. The van der Waals surface area contributed by atoms with Gasteiger partial charge in [-0.25, -0.2) is 14.5 Å². The molecule has 260 valence electrons. The average Bonchev–Trinajstić information content (AvgIpc) is 3.15. The van der Waals surface area contributed by atoms with Crippen molar-refractivity contribution in [2.75, 3.05) is 40.9 Å². The zero-order valence-electron chi connectivity index (χ0n) is 29.7. The number of anilines is 3. The van der Waals surface area contributed by atoms with Gasteiger partial charge in [0, 0.05) is 75.4 Å². The second kappa shape index (κ2) is 11.0. The Morgan fingerprint density at radius 3 is 1.54 bits per heavy atom. The van der Waals surface area contributed by atoms with Crippen LogP contribution in [0.3, 0.4) is 0 Å². The lowest BCUT2D eigenvalue weighted by Crippen LogP contribution is -2.41. The first-order valence-corrected chi connectivity index (χ1v) is 18.7.